The zero-order chi connectivity index (χ0) is 24.7. The van der Waals surface area contributed by atoms with Crippen LogP contribution in [0.15, 0.2) is 66.2 Å². The van der Waals surface area contributed by atoms with Gasteiger partial charge in [-0.15, -0.1) is 6.58 Å². The number of hydrogen-bond acceptors (Lipinski definition) is 7. The van der Waals surface area contributed by atoms with Gasteiger partial charge in [-0.05, 0) is 55.5 Å². The van der Waals surface area contributed by atoms with E-state index in [1.165, 1.54) is 17.0 Å². The van der Waals surface area contributed by atoms with Crippen LogP contribution in [0.1, 0.15) is 34.1 Å². The molecule has 1 heterocycles. The number of carboxylic acid groups (broad SMARTS) is 1. The van der Waals surface area contributed by atoms with Gasteiger partial charge < -0.3 is 15.2 Å². The van der Waals surface area contributed by atoms with Crippen molar-refractivity contribution >= 4 is 52.1 Å². The Balaban J connectivity index is 1.67. The monoisotopic (exact) mass is 481 g/mol. The molecule has 2 aromatic carbocycles. The van der Waals surface area contributed by atoms with Crippen molar-refractivity contribution in [3.63, 3.8) is 0 Å². The summed E-state index contributed by atoms with van der Waals surface area (Å²) < 4.78 is 4.93. The maximum absolute atomic E-state index is 12.9. The lowest BCUT2D eigenvalue weighted by atomic mass is 10.2. The number of amidine groups is 1. The molecule has 34 heavy (non-hydrogen) atoms. The van der Waals surface area contributed by atoms with Crippen LogP contribution in [0, 0.1) is 0 Å². The van der Waals surface area contributed by atoms with Crippen LogP contribution in [0.3, 0.4) is 0 Å². The van der Waals surface area contributed by atoms with E-state index in [0.29, 0.717) is 22.1 Å². The minimum Gasteiger partial charge on any atom is -0.478 e. The third-order valence-electron chi connectivity index (χ3n) is 4.72. The lowest BCUT2D eigenvalue weighted by Crippen LogP contribution is -2.33. The Kier molecular flexibility index (Phi) is 8.20. The summed E-state index contributed by atoms with van der Waals surface area (Å²) in [5, 5.41) is 11.5. The van der Waals surface area contributed by atoms with Crippen molar-refractivity contribution in [2.75, 3.05) is 18.5 Å². The van der Waals surface area contributed by atoms with Gasteiger partial charge in [-0.2, -0.15) is 0 Å². The minimum absolute atomic E-state index is 0.0757. The topological polar surface area (TPSA) is 125 Å². The third-order valence-corrected chi connectivity index (χ3v) is 5.90. The number of carbonyl (C=O) groups is 4. The van der Waals surface area contributed by atoms with Crippen molar-refractivity contribution in [3.05, 3.63) is 72.3 Å². The first kappa shape index (κ1) is 24.7. The summed E-state index contributed by atoms with van der Waals surface area (Å²) in [6.45, 7) is 5.88. The fraction of sp³-hybridized carbons (Fsp3) is 0.208. The smallest absolute Gasteiger partial charge is 0.338 e. The van der Waals surface area contributed by atoms with Crippen molar-refractivity contribution in [3.8, 4) is 0 Å². The van der Waals surface area contributed by atoms with E-state index in [1.54, 1.807) is 49.4 Å². The number of anilines is 1. The van der Waals surface area contributed by atoms with Crippen molar-refractivity contribution in [2.45, 2.75) is 18.6 Å². The SMILES string of the molecule is C=CCN1C(=O)C(CC(=O)Nc2ccc(C(=O)OCC)cc2)SC1=Nc1ccc(C(=O)O)cc1. The van der Waals surface area contributed by atoms with E-state index in [2.05, 4.69) is 16.9 Å². The van der Waals surface area contributed by atoms with E-state index in [-0.39, 0.29) is 37.0 Å². The molecule has 1 atom stereocenters. The van der Waals surface area contributed by atoms with Gasteiger partial charge in [0, 0.05) is 18.7 Å². The molecular formula is C24H23N3O6S. The Bertz CT molecular complexity index is 1130. The highest BCUT2D eigenvalue weighted by Crippen LogP contribution is 2.32. The van der Waals surface area contributed by atoms with E-state index >= 15 is 0 Å². The number of hydrogen-bond donors (Lipinski definition) is 2. The molecule has 2 N–H and O–H groups in total. The van der Waals surface area contributed by atoms with E-state index in [1.807, 2.05) is 0 Å². The van der Waals surface area contributed by atoms with Gasteiger partial charge in [0.15, 0.2) is 5.17 Å². The molecule has 176 valence electrons. The van der Waals surface area contributed by atoms with Crippen molar-refractivity contribution in [1.82, 2.24) is 4.90 Å². The van der Waals surface area contributed by atoms with Gasteiger partial charge in [-0.25, -0.2) is 14.6 Å². The Morgan fingerprint density at radius 2 is 1.79 bits per heavy atom. The number of carbonyl (C=O) groups excluding carboxylic acids is 3. The summed E-state index contributed by atoms with van der Waals surface area (Å²) in [5.41, 5.74) is 1.48. The first-order valence-electron chi connectivity index (χ1n) is 10.4. The number of amides is 2. The van der Waals surface area contributed by atoms with E-state index in [0.717, 1.165) is 11.8 Å². The number of esters is 1. The number of nitrogens with zero attached hydrogens (tertiary/aromatic N) is 2. The molecule has 0 bridgehead atoms. The van der Waals surface area contributed by atoms with Crippen LogP contribution in [-0.2, 0) is 14.3 Å². The van der Waals surface area contributed by atoms with Crippen molar-refractivity contribution < 1.29 is 29.0 Å². The van der Waals surface area contributed by atoms with Gasteiger partial charge in [-0.1, -0.05) is 17.8 Å². The first-order chi connectivity index (χ1) is 16.3. The average Bonchev–Trinajstić information content (AvgIpc) is 3.09. The largest absolute Gasteiger partial charge is 0.478 e. The standard InChI is InChI=1S/C24H23N3O6S/c1-3-13-27-21(29)19(34-24(27)26-18-9-5-15(6-10-18)22(30)31)14-20(28)25-17-11-7-16(8-12-17)23(32)33-4-2/h3,5-12,19H,1,4,13-14H2,2H3,(H,25,28)(H,30,31). The molecular weight excluding hydrogens is 458 g/mol. The maximum atomic E-state index is 12.9. The Labute approximate surface area is 200 Å². The first-order valence-corrected chi connectivity index (χ1v) is 11.3. The van der Waals surface area contributed by atoms with Gasteiger partial charge >= 0.3 is 11.9 Å². The van der Waals surface area contributed by atoms with Gasteiger partial charge in [0.25, 0.3) is 0 Å². The van der Waals surface area contributed by atoms with Crippen LogP contribution in [0.25, 0.3) is 0 Å². The predicted molar refractivity (Wildman–Crippen MR) is 129 cm³/mol. The van der Waals surface area contributed by atoms with Crippen LogP contribution < -0.4 is 5.32 Å². The van der Waals surface area contributed by atoms with E-state index in [4.69, 9.17) is 9.84 Å². The molecule has 1 fully saturated rings. The Hall–Kier alpha value is -3.92. The van der Waals surface area contributed by atoms with Gasteiger partial charge in [0.05, 0.1) is 23.4 Å². The molecule has 0 spiro atoms. The van der Waals surface area contributed by atoms with Gasteiger partial charge in [0.2, 0.25) is 11.8 Å². The predicted octanol–water partition coefficient (Wildman–Crippen LogP) is 3.71. The van der Waals surface area contributed by atoms with Crippen LogP contribution in [0.5, 0.6) is 0 Å². The third kappa shape index (κ3) is 6.10. The molecule has 10 heteroatoms. The number of carboxylic acids is 1. The summed E-state index contributed by atoms with van der Waals surface area (Å²) in [5.74, 6) is -2.11. The summed E-state index contributed by atoms with van der Waals surface area (Å²) in [4.78, 5) is 54.1. The van der Waals surface area contributed by atoms with Crippen molar-refractivity contribution in [1.29, 1.82) is 0 Å². The van der Waals surface area contributed by atoms with Crippen LogP contribution in [-0.4, -0.2) is 57.3 Å². The molecule has 1 unspecified atom stereocenters. The number of ether oxygens (including phenoxy) is 1. The average molecular weight is 482 g/mol. The summed E-state index contributed by atoms with van der Waals surface area (Å²) >= 11 is 1.16. The highest BCUT2D eigenvalue weighted by atomic mass is 32.2. The second-order valence-electron chi connectivity index (χ2n) is 7.14. The maximum Gasteiger partial charge on any atom is 0.338 e. The zero-order valence-electron chi connectivity index (χ0n) is 18.4. The minimum atomic E-state index is -1.04. The van der Waals surface area contributed by atoms with Crippen LogP contribution in [0.4, 0.5) is 11.4 Å². The highest BCUT2D eigenvalue weighted by molar-refractivity contribution is 8.15. The molecule has 0 aliphatic carbocycles. The van der Waals surface area contributed by atoms with Crippen LogP contribution in [0.2, 0.25) is 0 Å². The quantitative estimate of drug-likeness (QED) is 0.413. The normalized spacial score (nSPS) is 16.4. The number of rotatable bonds is 9. The zero-order valence-corrected chi connectivity index (χ0v) is 19.2. The number of nitrogens with one attached hydrogen (secondary N) is 1. The Morgan fingerprint density at radius 3 is 2.38 bits per heavy atom. The molecule has 0 saturated carbocycles. The molecule has 0 radical (unpaired) electrons. The summed E-state index contributed by atoms with van der Waals surface area (Å²) in [7, 11) is 0. The molecule has 1 aliphatic heterocycles. The van der Waals surface area contributed by atoms with E-state index in [9.17, 15) is 19.2 Å². The van der Waals surface area contributed by atoms with E-state index < -0.39 is 17.2 Å². The lowest BCUT2D eigenvalue weighted by molar-refractivity contribution is -0.127. The van der Waals surface area contributed by atoms with Gasteiger partial charge in [0.1, 0.15) is 5.25 Å². The highest BCUT2D eigenvalue weighted by Gasteiger charge is 2.38. The Morgan fingerprint density at radius 1 is 1.15 bits per heavy atom. The summed E-state index contributed by atoms with van der Waals surface area (Å²) in [6, 6.07) is 12.2. The number of thioether (sulfide) groups is 1. The number of benzene rings is 2. The fourth-order valence-corrected chi connectivity index (χ4v) is 4.26. The molecule has 9 nitrogen and oxygen atoms in total. The second-order valence-corrected chi connectivity index (χ2v) is 8.31. The lowest BCUT2D eigenvalue weighted by Gasteiger charge is -2.14. The number of aromatic carboxylic acids is 1. The fourth-order valence-electron chi connectivity index (χ4n) is 3.10. The van der Waals surface area contributed by atoms with Crippen LogP contribution >= 0.6 is 11.8 Å². The number of aliphatic imine (C=N–C) groups is 1. The summed E-state index contributed by atoms with van der Waals surface area (Å²) in [6.07, 6.45) is 1.49. The molecule has 0 aromatic heterocycles. The van der Waals surface area contributed by atoms with Crippen molar-refractivity contribution in [2.24, 2.45) is 4.99 Å². The molecule has 1 aliphatic rings. The molecule has 3 rings (SSSR count). The second kappa shape index (κ2) is 11.3. The van der Waals surface area contributed by atoms with Gasteiger partial charge in [-0.3, -0.25) is 14.5 Å². The molecule has 2 amide bonds. The molecule has 1 saturated heterocycles. The molecule has 2 aromatic rings.